The summed E-state index contributed by atoms with van der Waals surface area (Å²) < 4.78 is 80.9. The van der Waals surface area contributed by atoms with E-state index in [-0.39, 0.29) is 16.7 Å². The minimum absolute atomic E-state index is 0.0719. The number of rotatable bonds is 4. The highest BCUT2D eigenvalue weighted by molar-refractivity contribution is 6.32. The van der Waals surface area contributed by atoms with Crippen molar-refractivity contribution in [2.75, 3.05) is 0 Å². The molecule has 3 nitrogen and oxygen atoms in total. The summed E-state index contributed by atoms with van der Waals surface area (Å²) in [5.41, 5.74) is 1.87. The zero-order chi connectivity index (χ0) is 21.2. The Kier molecular flexibility index (Phi) is 5.61. The molecule has 1 heterocycles. The Labute approximate surface area is 165 Å². The van der Waals surface area contributed by atoms with Crippen LogP contribution in [0.5, 0.6) is 11.5 Å². The fraction of sp³-hybridized carbons (Fsp3) is 0.105. The highest BCUT2D eigenvalue weighted by Crippen LogP contribution is 2.32. The third-order valence-corrected chi connectivity index (χ3v) is 3.92. The summed E-state index contributed by atoms with van der Waals surface area (Å²) in [5, 5.41) is 0.0719. The van der Waals surface area contributed by atoms with Crippen molar-refractivity contribution in [2.45, 2.75) is 12.7 Å². The van der Waals surface area contributed by atoms with Crippen molar-refractivity contribution in [1.82, 2.24) is 4.98 Å². The predicted molar refractivity (Wildman–Crippen MR) is 93.5 cm³/mol. The average Bonchev–Trinajstić information content (AvgIpc) is 2.60. The van der Waals surface area contributed by atoms with Crippen LogP contribution in [0, 0.1) is 0 Å². The number of halogens is 7. The lowest BCUT2D eigenvalue weighted by molar-refractivity contribution is -0.275. The van der Waals surface area contributed by atoms with Gasteiger partial charge in [-0.05, 0) is 54.1 Å². The van der Waals surface area contributed by atoms with Crippen LogP contribution < -0.4 is 9.47 Å². The van der Waals surface area contributed by atoms with Gasteiger partial charge in [0.2, 0.25) is 0 Å². The first-order valence-electron chi connectivity index (χ1n) is 7.89. The summed E-state index contributed by atoms with van der Waals surface area (Å²) in [7, 11) is 0. The van der Waals surface area contributed by atoms with E-state index >= 15 is 0 Å². The molecule has 0 saturated heterocycles. The van der Waals surface area contributed by atoms with Crippen LogP contribution in [0.2, 0.25) is 5.15 Å². The molecule has 0 saturated carbocycles. The van der Waals surface area contributed by atoms with Gasteiger partial charge in [-0.25, -0.2) is 4.98 Å². The molecule has 3 rings (SSSR count). The first-order chi connectivity index (χ1) is 13.5. The second-order valence-electron chi connectivity index (χ2n) is 5.68. The summed E-state index contributed by atoms with van der Waals surface area (Å²) in [6, 6.07) is 13.3. The minimum atomic E-state index is -4.79. The highest BCUT2D eigenvalue weighted by Gasteiger charge is 2.31. The fourth-order valence-electron chi connectivity index (χ4n) is 2.47. The van der Waals surface area contributed by atoms with Crippen molar-refractivity contribution in [3.05, 3.63) is 65.8 Å². The second-order valence-corrected chi connectivity index (χ2v) is 6.04. The summed E-state index contributed by atoms with van der Waals surface area (Å²) in [6.07, 6.45) is -9.57. The molecule has 0 bridgehead atoms. The van der Waals surface area contributed by atoms with Crippen molar-refractivity contribution < 1.29 is 35.8 Å². The van der Waals surface area contributed by atoms with E-state index in [9.17, 15) is 26.3 Å². The Morgan fingerprint density at radius 3 is 1.48 bits per heavy atom. The molecule has 0 aliphatic carbocycles. The SMILES string of the molecule is FC(F)(F)Oc1ccc(-c2ccc(-c3ccc(OC(F)(F)F)cc3)c(Cl)n2)cc1. The van der Waals surface area contributed by atoms with E-state index in [2.05, 4.69) is 14.5 Å². The van der Waals surface area contributed by atoms with Crippen LogP contribution in [0.15, 0.2) is 60.7 Å². The van der Waals surface area contributed by atoms with E-state index in [0.717, 1.165) is 24.3 Å². The van der Waals surface area contributed by atoms with E-state index in [1.54, 1.807) is 12.1 Å². The Balaban J connectivity index is 1.80. The second kappa shape index (κ2) is 7.82. The highest BCUT2D eigenvalue weighted by atomic mass is 35.5. The molecule has 0 fully saturated rings. The van der Waals surface area contributed by atoms with E-state index in [4.69, 9.17) is 11.6 Å². The first kappa shape index (κ1) is 20.8. The average molecular weight is 434 g/mol. The molecule has 0 aliphatic rings. The predicted octanol–water partition coefficient (Wildman–Crippen LogP) is 6.87. The van der Waals surface area contributed by atoms with Gasteiger partial charge in [0.25, 0.3) is 0 Å². The molecule has 2 aromatic carbocycles. The maximum absolute atomic E-state index is 12.2. The van der Waals surface area contributed by atoms with Crippen LogP contribution in [-0.2, 0) is 0 Å². The van der Waals surface area contributed by atoms with Gasteiger partial charge in [0.1, 0.15) is 16.7 Å². The van der Waals surface area contributed by atoms with Gasteiger partial charge < -0.3 is 9.47 Å². The van der Waals surface area contributed by atoms with Crippen LogP contribution in [0.25, 0.3) is 22.4 Å². The largest absolute Gasteiger partial charge is 0.573 e. The van der Waals surface area contributed by atoms with E-state index in [0.29, 0.717) is 22.4 Å². The number of ether oxygens (including phenoxy) is 2. The van der Waals surface area contributed by atoms with Crippen LogP contribution in [0.4, 0.5) is 26.3 Å². The zero-order valence-electron chi connectivity index (χ0n) is 14.2. The standard InChI is InChI=1S/C19H10ClF6NO2/c20-17-15(11-1-5-13(6-2-11)28-18(21,22)23)9-10-16(27-17)12-3-7-14(8-4-12)29-19(24,25)26/h1-10H. The van der Waals surface area contributed by atoms with Crippen LogP contribution in [0.1, 0.15) is 0 Å². The van der Waals surface area contributed by atoms with Crippen molar-refractivity contribution in [3.8, 4) is 33.9 Å². The Morgan fingerprint density at radius 1 is 0.621 bits per heavy atom. The number of alkyl halides is 6. The molecule has 0 amide bonds. The molecule has 3 aromatic rings. The fourth-order valence-corrected chi connectivity index (χ4v) is 2.74. The van der Waals surface area contributed by atoms with Gasteiger partial charge in [-0.3, -0.25) is 0 Å². The van der Waals surface area contributed by atoms with Gasteiger partial charge in [0.05, 0.1) is 5.69 Å². The third-order valence-electron chi connectivity index (χ3n) is 3.63. The minimum Gasteiger partial charge on any atom is -0.406 e. The number of pyridine rings is 1. The summed E-state index contributed by atoms with van der Waals surface area (Å²) in [5.74, 6) is -0.742. The Hall–Kier alpha value is -2.94. The number of benzene rings is 2. The monoisotopic (exact) mass is 433 g/mol. The summed E-state index contributed by atoms with van der Waals surface area (Å²) >= 11 is 6.18. The maximum atomic E-state index is 12.2. The lowest BCUT2D eigenvalue weighted by atomic mass is 10.1. The number of hydrogen-bond acceptors (Lipinski definition) is 3. The number of hydrogen-bond donors (Lipinski definition) is 0. The topological polar surface area (TPSA) is 31.4 Å². The molecule has 1 aromatic heterocycles. The van der Waals surface area contributed by atoms with Crippen LogP contribution in [-0.4, -0.2) is 17.7 Å². The molecule has 29 heavy (non-hydrogen) atoms. The van der Waals surface area contributed by atoms with Crippen LogP contribution in [0.3, 0.4) is 0 Å². The van der Waals surface area contributed by atoms with Gasteiger partial charge in [0, 0.05) is 11.1 Å². The molecule has 0 atom stereocenters. The smallest absolute Gasteiger partial charge is 0.406 e. The van der Waals surface area contributed by atoms with Gasteiger partial charge in [-0.15, -0.1) is 26.3 Å². The van der Waals surface area contributed by atoms with Gasteiger partial charge in [0.15, 0.2) is 0 Å². The molecule has 0 unspecified atom stereocenters. The Bertz CT molecular complexity index is 986. The molecule has 0 spiro atoms. The van der Waals surface area contributed by atoms with Crippen molar-refractivity contribution in [2.24, 2.45) is 0 Å². The van der Waals surface area contributed by atoms with Crippen LogP contribution >= 0.6 is 11.6 Å². The molecule has 0 aliphatic heterocycles. The summed E-state index contributed by atoms with van der Waals surface area (Å²) in [6.45, 7) is 0. The first-order valence-corrected chi connectivity index (χ1v) is 8.27. The van der Waals surface area contributed by atoms with Crippen molar-refractivity contribution in [1.29, 1.82) is 0 Å². The molecule has 0 N–H and O–H groups in total. The molecule has 152 valence electrons. The van der Waals surface area contributed by atoms with Gasteiger partial charge >= 0.3 is 12.7 Å². The normalized spacial score (nSPS) is 12.0. The molecular weight excluding hydrogens is 424 g/mol. The molecule has 10 heteroatoms. The van der Waals surface area contributed by atoms with E-state index in [1.165, 1.54) is 24.3 Å². The quantitative estimate of drug-likeness (QED) is 0.332. The lowest BCUT2D eigenvalue weighted by Crippen LogP contribution is -2.17. The van der Waals surface area contributed by atoms with E-state index in [1.807, 2.05) is 0 Å². The Morgan fingerprint density at radius 2 is 1.07 bits per heavy atom. The molecular formula is C19H10ClF6NO2. The van der Waals surface area contributed by atoms with Gasteiger partial charge in [-0.1, -0.05) is 23.7 Å². The summed E-state index contributed by atoms with van der Waals surface area (Å²) in [4.78, 5) is 4.20. The lowest BCUT2D eigenvalue weighted by Gasteiger charge is -2.11. The van der Waals surface area contributed by atoms with Gasteiger partial charge in [-0.2, -0.15) is 0 Å². The number of nitrogens with zero attached hydrogens (tertiary/aromatic N) is 1. The number of aromatic nitrogens is 1. The molecule has 0 radical (unpaired) electrons. The van der Waals surface area contributed by atoms with Crippen molar-refractivity contribution in [3.63, 3.8) is 0 Å². The third kappa shape index (κ3) is 5.77. The zero-order valence-corrected chi connectivity index (χ0v) is 14.9. The van der Waals surface area contributed by atoms with E-state index < -0.39 is 12.7 Å². The maximum Gasteiger partial charge on any atom is 0.573 e. The van der Waals surface area contributed by atoms with Crippen molar-refractivity contribution >= 4 is 11.6 Å².